The first-order chi connectivity index (χ1) is 16.6. The number of rotatable bonds is 8. The minimum atomic E-state index is -2.01. The number of anilines is 1. The van der Waals surface area contributed by atoms with E-state index in [1.54, 1.807) is 6.07 Å². The van der Waals surface area contributed by atoms with Crippen molar-refractivity contribution in [2.45, 2.75) is 64.4 Å². The van der Waals surface area contributed by atoms with Gasteiger partial charge in [0, 0.05) is 27.2 Å². The highest BCUT2D eigenvalue weighted by Crippen LogP contribution is 2.43. The van der Waals surface area contributed by atoms with Crippen molar-refractivity contribution in [1.82, 2.24) is 14.6 Å². The number of fused-ring (bicyclic) bond motifs is 1. The summed E-state index contributed by atoms with van der Waals surface area (Å²) < 4.78 is 23.2. The Balaban J connectivity index is 2.14. The standard InChI is InChI=1S/C22H25N5O8/c1-5-6-18(31)26-21-15-7-8-17(27(15)25-11-24-21)22(10-23)20(34-14(4)30)19(33-13(3)29)16(35-22)9-32-12(2)28/h7-8,11,16,19-20H,5-6,9H2,1-4H3,(H,24,25,26,31)/t16-,19-,20-,22+/m1/s1. The van der Waals surface area contributed by atoms with Crippen molar-refractivity contribution in [2.75, 3.05) is 11.9 Å². The van der Waals surface area contributed by atoms with Gasteiger partial charge in [0.05, 0.1) is 5.69 Å². The molecule has 0 spiro atoms. The first kappa shape index (κ1) is 25.6. The van der Waals surface area contributed by atoms with E-state index in [4.69, 9.17) is 18.9 Å². The quantitative estimate of drug-likeness (QED) is 0.416. The van der Waals surface area contributed by atoms with Crippen LogP contribution in [0.25, 0.3) is 5.52 Å². The predicted octanol–water partition coefficient (Wildman–Crippen LogP) is 1.01. The fourth-order valence-corrected chi connectivity index (χ4v) is 3.87. The highest BCUT2D eigenvalue weighted by Gasteiger charge is 2.62. The van der Waals surface area contributed by atoms with Gasteiger partial charge in [-0.1, -0.05) is 6.92 Å². The molecular weight excluding hydrogens is 462 g/mol. The number of hydrogen-bond donors (Lipinski definition) is 1. The minimum Gasteiger partial charge on any atom is -0.463 e. The van der Waals surface area contributed by atoms with Gasteiger partial charge in [0.15, 0.2) is 18.0 Å². The van der Waals surface area contributed by atoms with Crippen LogP contribution < -0.4 is 5.32 Å². The molecule has 13 nitrogen and oxygen atoms in total. The summed E-state index contributed by atoms with van der Waals surface area (Å²) in [5, 5.41) is 17.2. The molecule has 3 heterocycles. The summed E-state index contributed by atoms with van der Waals surface area (Å²) in [6.45, 7) is 4.95. The van der Waals surface area contributed by atoms with Crippen LogP contribution >= 0.6 is 0 Å². The van der Waals surface area contributed by atoms with Crippen molar-refractivity contribution < 1.29 is 38.1 Å². The third-order valence-corrected chi connectivity index (χ3v) is 5.18. The molecule has 0 saturated carbocycles. The van der Waals surface area contributed by atoms with Crippen LogP contribution in [0.4, 0.5) is 5.82 Å². The van der Waals surface area contributed by atoms with Crippen molar-refractivity contribution >= 4 is 35.1 Å². The Morgan fingerprint density at radius 1 is 1.17 bits per heavy atom. The molecule has 2 aromatic rings. The summed E-state index contributed by atoms with van der Waals surface area (Å²) in [6.07, 6.45) is -1.74. The third kappa shape index (κ3) is 5.22. The number of nitrogens with one attached hydrogen (secondary N) is 1. The number of esters is 3. The zero-order valence-electron chi connectivity index (χ0n) is 19.6. The second kappa shape index (κ2) is 10.5. The van der Waals surface area contributed by atoms with E-state index in [-0.39, 0.29) is 30.4 Å². The molecule has 0 aromatic carbocycles. The summed E-state index contributed by atoms with van der Waals surface area (Å²) >= 11 is 0. The summed E-state index contributed by atoms with van der Waals surface area (Å²) in [6, 6.07) is 5.09. The SMILES string of the molecule is CCCC(=O)Nc1ncnn2c([C@]3(C#N)O[C@H](COC(C)=O)[C@@H](OC(C)=O)[C@H]3OC(C)=O)ccc12. The second-order valence-electron chi connectivity index (χ2n) is 7.83. The van der Waals surface area contributed by atoms with Crippen LogP contribution in [0.3, 0.4) is 0 Å². The molecule has 1 amide bonds. The van der Waals surface area contributed by atoms with Crippen LogP contribution in [0.1, 0.15) is 46.2 Å². The Bertz CT molecular complexity index is 1190. The molecule has 1 fully saturated rings. The average Bonchev–Trinajstić information content (AvgIpc) is 3.33. The number of ether oxygens (including phenoxy) is 4. The number of nitrogens with zero attached hydrogens (tertiary/aromatic N) is 4. The van der Waals surface area contributed by atoms with Crippen LogP contribution in [0.2, 0.25) is 0 Å². The van der Waals surface area contributed by atoms with Crippen LogP contribution in [-0.2, 0) is 43.7 Å². The van der Waals surface area contributed by atoms with Gasteiger partial charge in [-0.3, -0.25) is 19.2 Å². The maximum Gasteiger partial charge on any atom is 0.303 e. The van der Waals surface area contributed by atoms with Crippen molar-refractivity contribution in [3.05, 3.63) is 24.2 Å². The lowest BCUT2D eigenvalue weighted by Gasteiger charge is -2.28. The summed E-state index contributed by atoms with van der Waals surface area (Å²) in [5.74, 6) is -2.15. The Hall–Kier alpha value is -4.05. The van der Waals surface area contributed by atoms with Gasteiger partial charge in [-0.25, -0.2) is 9.50 Å². The van der Waals surface area contributed by atoms with E-state index in [9.17, 15) is 24.4 Å². The first-order valence-corrected chi connectivity index (χ1v) is 10.8. The molecule has 1 aliphatic heterocycles. The normalized spacial score (nSPS) is 23.3. The lowest BCUT2D eigenvalue weighted by atomic mass is 9.92. The van der Waals surface area contributed by atoms with Crippen molar-refractivity contribution in [1.29, 1.82) is 5.26 Å². The summed E-state index contributed by atoms with van der Waals surface area (Å²) in [4.78, 5) is 51.5. The van der Waals surface area contributed by atoms with Crippen LogP contribution in [0, 0.1) is 11.3 Å². The fraction of sp³-hybridized carbons (Fsp3) is 0.500. The highest BCUT2D eigenvalue weighted by atomic mass is 16.7. The molecule has 1 saturated heterocycles. The van der Waals surface area contributed by atoms with E-state index in [2.05, 4.69) is 15.4 Å². The summed E-state index contributed by atoms with van der Waals surface area (Å²) in [7, 11) is 0. The van der Waals surface area contributed by atoms with Gasteiger partial charge in [0.1, 0.15) is 30.6 Å². The first-order valence-electron chi connectivity index (χ1n) is 10.8. The Morgan fingerprint density at radius 3 is 2.49 bits per heavy atom. The van der Waals surface area contributed by atoms with E-state index in [0.717, 1.165) is 13.8 Å². The second-order valence-corrected chi connectivity index (χ2v) is 7.83. The highest BCUT2D eigenvalue weighted by molar-refractivity contribution is 5.93. The molecule has 0 unspecified atom stereocenters. The molecule has 3 rings (SSSR count). The molecule has 0 radical (unpaired) electrons. The number of aromatic nitrogens is 3. The lowest BCUT2D eigenvalue weighted by molar-refractivity contribution is -0.167. The molecule has 2 aromatic heterocycles. The molecule has 1 N–H and O–H groups in total. The van der Waals surface area contributed by atoms with Gasteiger partial charge >= 0.3 is 17.9 Å². The molecule has 0 aliphatic carbocycles. The molecule has 1 aliphatic rings. The van der Waals surface area contributed by atoms with Gasteiger partial charge in [-0.2, -0.15) is 10.4 Å². The maximum atomic E-state index is 12.1. The topological polar surface area (TPSA) is 171 Å². The largest absolute Gasteiger partial charge is 0.463 e. The fourth-order valence-electron chi connectivity index (χ4n) is 3.87. The molecule has 186 valence electrons. The van der Waals surface area contributed by atoms with Crippen LogP contribution in [0.5, 0.6) is 0 Å². The molecule has 4 atom stereocenters. The van der Waals surface area contributed by atoms with Gasteiger partial charge in [-0.15, -0.1) is 0 Å². The number of nitriles is 1. The van der Waals surface area contributed by atoms with E-state index < -0.39 is 41.8 Å². The molecule has 0 bridgehead atoms. The average molecular weight is 487 g/mol. The van der Waals surface area contributed by atoms with Crippen molar-refractivity contribution in [3.63, 3.8) is 0 Å². The van der Waals surface area contributed by atoms with Crippen LogP contribution in [0.15, 0.2) is 18.5 Å². The molecule has 13 heteroatoms. The van der Waals surface area contributed by atoms with E-state index >= 15 is 0 Å². The van der Waals surface area contributed by atoms with Crippen molar-refractivity contribution in [3.8, 4) is 6.07 Å². The molecular formula is C22H25N5O8. The molecule has 35 heavy (non-hydrogen) atoms. The van der Waals surface area contributed by atoms with E-state index in [0.29, 0.717) is 11.9 Å². The number of carbonyl (C=O) groups excluding carboxylic acids is 4. The van der Waals surface area contributed by atoms with E-state index in [1.165, 1.54) is 23.8 Å². The Kier molecular flexibility index (Phi) is 7.65. The predicted molar refractivity (Wildman–Crippen MR) is 116 cm³/mol. The van der Waals surface area contributed by atoms with Gasteiger partial charge in [0.25, 0.3) is 0 Å². The number of hydrogen-bond acceptors (Lipinski definition) is 11. The van der Waals surface area contributed by atoms with Crippen molar-refractivity contribution in [2.24, 2.45) is 0 Å². The van der Waals surface area contributed by atoms with Crippen LogP contribution in [-0.4, -0.2) is 63.3 Å². The van der Waals surface area contributed by atoms with Gasteiger partial charge < -0.3 is 24.3 Å². The Labute approximate surface area is 200 Å². The number of amides is 1. The minimum absolute atomic E-state index is 0.122. The summed E-state index contributed by atoms with van der Waals surface area (Å²) in [5.41, 5.74) is -1.54. The van der Waals surface area contributed by atoms with Gasteiger partial charge in [0.2, 0.25) is 11.5 Å². The zero-order valence-corrected chi connectivity index (χ0v) is 19.6. The monoisotopic (exact) mass is 487 g/mol. The van der Waals surface area contributed by atoms with Gasteiger partial charge in [-0.05, 0) is 18.6 Å². The zero-order chi connectivity index (χ0) is 25.8. The lowest BCUT2D eigenvalue weighted by Crippen LogP contribution is -2.45. The Morgan fingerprint density at radius 2 is 1.89 bits per heavy atom. The third-order valence-electron chi connectivity index (χ3n) is 5.18. The maximum absolute atomic E-state index is 12.1. The number of carbonyl (C=O) groups is 4. The van der Waals surface area contributed by atoms with E-state index in [1.807, 2.05) is 13.0 Å². The smallest absolute Gasteiger partial charge is 0.303 e.